The lowest BCUT2D eigenvalue weighted by Gasteiger charge is -2.38. The fourth-order valence-corrected chi connectivity index (χ4v) is 3.45. The summed E-state index contributed by atoms with van der Waals surface area (Å²) in [4.78, 5) is 17.6. The molecule has 0 aliphatic carbocycles. The van der Waals surface area contributed by atoms with E-state index >= 15 is 0 Å². The highest BCUT2D eigenvalue weighted by molar-refractivity contribution is 5.47. The van der Waals surface area contributed by atoms with Gasteiger partial charge in [0.2, 0.25) is 5.89 Å². The summed E-state index contributed by atoms with van der Waals surface area (Å²) < 4.78 is 6.88. The molecule has 1 fully saturated rings. The zero-order chi connectivity index (χ0) is 17.4. The van der Waals surface area contributed by atoms with Crippen LogP contribution in [0.15, 0.2) is 16.9 Å². The summed E-state index contributed by atoms with van der Waals surface area (Å²) >= 11 is 0. The van der Waals surface area contributed by atoms with E-state index in [1.54, 1.807) is 10.8 Å². The fourth-order valence-electron chi connectivity index (χ4n) is 3.45. The van der Waals surface area contributed by atoms with E-state index < -0.39 is 0 Å². The van der Waals surface area contributed by atoms with Crippen molar-refractivity contribution in [3.8, 4) is 0 Å². The molecule has 0 spiro atoms. The largest absolute Gasteiger partial charge is 0.355 e. The second-order valence-electron chi connectivity index (χ2n) is 6.60. The van der Waals surface area contributed by atoms with Gasteiger partial charge in [-0.25, -0.2) is 4.98 Å². The Kier molecular flexibility index (Phi) is 4.08. The van der Waals surface area contributed by atoms with Gasteiger partial charge in [0.05, 0.1) is 6.54 Å². The first-order valence-electron chi connectivity index (χ1n) is 8.52. The van der Waals surface area contributed by atoms with Gasteiger partial charge in [0.15, 0.2) is 5.82 Å². The first-order chi connectivity index (χ1) is 12.1. The van der Waals surface area contributed by atoms with Crippen molar-refractivity contribution in [3.05, 3.63) is 29.8 Å². The number of likely N-dealkylation sites (N-methyl/N-ethyl adjacent to an activating group) is 1. The predicted molar refractivity (Wildman–Crippen MR) is 91.3 cm³/mol. The van der Waals surface area contributed by atoms with Crippen LogP contribution in [0.4, 0.5) is 5.82 Å². The van der Waals surface area contributed by atoms with Crippen LogP contribution in [0.1, 0.15) is 30.3 Å². The highest BCUT2D eigenvalue weighted by atomic mass is 16.5. The van der Waals surface area contributed by atoms with Crippen LogP contribution in [0.2, 0.25) is 0 Å². The monoisotopic (exact) mass is 342 g/mol. The highest BCUT2D eigenvalue weighted by Crippen LogP contribution is 2.23. The Labute approximate surface area is 145 Å². The maximum Gasteiger partial charge on any atom is 0.254 e. The molecular formula is C16H22N8O. The number of fused-ring (bicyclic) bond motifs is 1. The van der Waals surface area contributed by atoms with E-state index in [9.17, 15) is 0 Å². The van der Waals surface area contributed by atoms with Crippen molar-refractivity contribution >= 4 is 11.6 Å². The van der Waals surface area contributed by atoms with E-state index in [1.165, 1.54) is 0 Å². The quantitative estimate of drug-likeness (QED) is 0.699. The van der Waals surface area contributed by atoms with Gasteiger partial charge < -0.3 is 9.42 Å². The number of aromatic nitrogens is 6. The molecule has 9 heteroatoms. The lowest BCUT2D eigenvalue weighted by atomic mass is 10.0. The van der Waals surface area contributed by atoms with Crippen LogP contribution < -0.4 is 4.90 Å². The molecular weight excluding hydrogens is 320 g/mol. The van der Waals surface area contributed by atoms with E-state index in [4.69, 9.17) is 4.52 Å². The van der Waals surface area contributed by atoms with Crippen molar-refractivity contribution in [3.63, 3.8) is 0 Å². The molecule has 0 N–H and O–H groups in total. The van der Waals surface area contributed by atoms with Gasteiger partial charge in [-0.1, -0.05) is 5.16 Å². The fraction of sp³-hybridized carbons (Fsp3) is 0.562. The van der Waals surface area contributed by atoms with Crippen molar-refractivity contribution in [1.82, 2.24) is 34.6 Å². The first kappa shape index (κ1) is 15.9. The van der Waals surface area contributed by atoms with Crippen molar-refractivity contribution in [2.45, 2.75) is 39.3 Å². The maximum absolute atomic E-state index is 5.08. The zero-order valence-corrected chi connectivity index (χ0v) is 14.8. The van der Waals surface area contributed by atoms with Crippen LogP contribution >= 0.6 is 0 Å². The van der Waals surface area contributed by atoms with E-state index in [-0.39, 0.29) is 0 Å². The van der Waals surface area contributed by atoms with Gasteiger partial charge in [0.1, 0.15) is 12.1 Å². The van der Waals surface area contributed by atoms with Crippen LogP contribution in [0.25, 0.3) is 5.78 Å². The predicted octanol–water partition coefficient (Wildman–Crippen LogP) is 1.22. The third-order valence-corrected chi connectivity index (χ3v) is 4.69. The molecule has 1 aliphatic heterocycles. The lowest BCUT2D eigenvalue weighted by Crippen LogP contribution is -2.47. The van der Waals surface area contributed by atoms with Gasteiger partial charge in [-0.3, -0.25) is 4.90 Å². The number of aryl methyl sites for hydroxylation is 2. The molecule has 0 amide bonds. The number of piperidine rings is 1. The Balaban J connectivity index is 1.53. The molecule has 132 valence electrons. The topological polar surface area (TPSA) is 88.5 Å². The molecule has 0 aromatic carbocycles. The van der Waals surface area contributed by atoms with Gasteiger partial charge >= 0.3 is 0 Å². The van der Waals surface area contributed by atoms with E-state index in [0.717, 1.165) is 49.8 Å². The molecule has 0 unspecified atom stereocenters. The second-order valence-corrected chi connectivity index (χ2v) is 6.60. The van der Waals surface area contributed by atoms with Gasteiger partial charge in [0.25, 0.3) is 5.78 Å². The van der Waals surface area contributed by atoms with Crippen molar-refractivity contribution in [1.29, 1.82) is 0 Å². The van der Waals surface area contributed by atoms with Gasteiger partial charge in [0, 0.05) is 38.3 Å². The van der Waals surface area contributed by atoms with Crippen LogP contribution in [-0.4, -0.2) is 60.8 Å². The molecule has 9 nitrogen and oxygen atoms in total. The van der Waals surface area contributed by atoms with Gasteiger partial charge in [-0.15, -0.1) is 0 Å². The minimum absolute atomic E-state index is 0.385. The number of hydrogen-bond acceptors (Lipinski definition) is 8. The molecule has 0 bridgehead atoms. The SMILES string of the molecule is Cc1cc(N(C)[C@@H]2CCCN(Cc3noc(C)n3)C2)n2ncnc2n1. The normalized spacial score (nSPS) is 18.8. The number of nitrogens with zero attached hydrogens (tertiary/aromatic N) is 8. The third kappa shape index (κ3) is 3.19. The Morgan fingerprint density at radius 2 is 2.20 bits per heavy atom. The summed E-state index contributed by atoms with van der Waals surface area (Å²) in [7, 11) is 2.11. The van der Waals surface area contributed by atoms with Crippen molar-refractivity contribution in [2.24, 2.45) is 0 Å². The number of anilines is 1. The van der Waals surface area contributed by atoms with E-state index in [2.05, 4.69) is 48.1 Å². The van der Waals surface area contributed by atoms with Crippen molar-refractivity contribution < 1.29 is 4.52 Å². The Hall–Kier alpha value is -2.55. The van der Waals surface area contributed by atoms with Crippen LogP contribution in [-0.2, 0) is 6.54 Å². The van der Waals surface area contributed by atoms with Crippen LogP contribution in [0, 0.1) is 13.8 Å². The number of rotatable bonds is 4. The van der Waals surface area contributed by atoms with Crippen LogP contribution in [0.5, 0.6) is 0 Å². The molecule has 4 heterocycles. The zero-order valence-electron chi connectivity index (χ0n) is 14.8. The summed E-state index contributed by atoms with van der Waals surface area (Å²) in [6.45, 7) is 6.51. The summed E-state index contributed by atoms with van der Waals surface area (Å²) in [6.07, 6.45) is 3.82. The van der Waals surface area contributed by atoms with Gasteiger partial charge in [-0.05, 0) is 26.3 Å². The molecule has 3 aromatic rings. The standard InChI is InChI=1S/C16H22N8O/c1-11-7-15(24-16(19-11)17-10-18-24)22(3)13-5-4-6-23(8-13)9-14-20-12(2)25-21-14/h7,10,13H,4-6,8-9H2,1-3H3/t13-/m1/s1. The molecule has 1 saturated heterocycles. The second kappa shape index (κ2) is 6.40. The summed E-state index contributed by atoms with van der Waals surface area (Å²) in [5.41, 5.74) is 0.942. The molecule has 1 atom stereocenters. The Morgan fingerprint density at radius 3 is 3.00 bits per heavy atom. The molecule has 1 aliphatic rings. The maximum atomic E-state index is 5.08. The molecule has 4 rings (SSSR count). The molecule has 3 aromatic heterocycles. The smallest absolute Gasteiger partial charge is 0.254 e. The lowest BCUT2D eigenvalue weighted by molar-refractivity contribution is 0.192. The highest BCUT2D eigenvalue weighted by Gasteiger charge is 2.26. The summed E-state index contributed by atoms with van der Waals surface area (Å²) in [5, 5.41) is 8.33. The summed E-state index contributed by atoms with van der Waals surface area (Å²) in [6, 6.07) is 2.44. The van der Waals surface area contributed by atoms with Gasteiger partial charge in [-0.2, -0.15) is 19.6 Å². The third-order valence-electron chi connectivity index (χ3n) is 4.69. The average molecular weight is 342 g/mol. The molecule has 0 saturated carbocycles. The Morgan fingerprint density at radius 1 is 1.32 bits per heavy atom. The summed E-state index contributed by atoms with van der Waals surface area (Å²) in [5.74, 6) is 3.01. The Bertz CT molecular complexity index is 872. The minimum Gasteiger partial charge on any atom is -0.355 e. The van der Waals surface area contributed by atoms with E-state index in [1.807, 2.05) is 13.8 Å². The first-order valence-corrected chi connectivity index (χ1v) is 8.52. The van der Waals surface area contributed by atoms with Crippen LogP contribution in [0.3, 0.4) is 0 Å². The molecule has 0 radical (unpaired) electrons. The van der Waals surface area contributed by atoms with Crippen molar-refractivity contribution in [2.75, 3.05) is 25.0 Å². The minimum atomic E-state index is 0.385. The number of hydrogen-bond donors (Lipinski definition) is 0. The molecule has 25 heavy (non-hydrogen) atoms. The average Bonchev–Trinajstić information content (AvgIpc) is 3.22. The number of likely N-dealkylation sites (tertiary alicyclic amines) is 1. The van der Waals surface area contributed by atoms with E-state index in [0.29, 0.717) is 17.7 Å².